The summed E-state index contributed by atoms with van der Waals surface area (Å²) >= 11 is 7.33. The SMILES string of the molecule is O=C(NCc1ccco1)c1csc(-c2ccccc2OCc2ccc(Cl)cc2)n1. The number of carbonyl (C=O) groups excluding carboxylic acids is 1. The third-order valence-corrected chi connectivity index (χ3v) is 5.29. The van der Waals surface area contributed by atoms with E-state index in [0.29, 0.717) is 35.4 Å². The van der Waals surface area contributed by atoms with Gasteiger partial charge in [0.1, 0.15) is 28.8 Å². The highest BCUT2D eigenvalue weighted by Gasteiger charge is 2.15. The maximum atomic E-state index is 12.4. The van der Waals surface area contributed by atoms with Crippen LogP contribution in [0, 0.1) is 0 Å². The van der Waals surface area contributed by atoms with E-state index in [1.54, 1.807) is 23.8 Å². The third-order valence-electron chi connectivity index (χ3n) is 4.17. The van der Waals surface area contributed by atoms with Crippen molar-refractivity contribution in [2.75, 3.05) is 0 Å². The molecular weight excluding hydrogens is 408 g/mol. The molecule has 1 amide bonds. The van der Waals surface area contributed by atoms with Gasteiger partial charge in [0.15, 0.2) is 0 Å². The minimum absolute atomic E-state index is 0.247. The largest absolute Gasteiger partial charge is 0.488 e. The van der Waals surface area contributed by atoms with Crippen molar-refractivity contribution in [2.24, 2.45) is 0 Å². The number of para-hydroxylation sites is 1. The molecule has 4 aromatic rings. The fraction of sp³-hybridized carbons (Fsp3) is 0.0909. The van der Waals surface area contributed by atoms with Crippen LogP contribution in [0.4, 0.5) is 0 Å². The van der Waals surface area contributed by atoms with E-state index in [2.05, 4.69) is 10.3 Å². The maximum Gasteiger partial charge on any atom is 0.271 e. The number of hydrogen-bond donors (Lipinski definition) is 1. The summed E-state index contributed by atoms with van der Waals surface area (Å²) in [7, 11) is 0. The van der Waals surface area contributed by atoms with Gasteiger partial charge in [-0.25, -0.2) is 4.98 Å². The van der Waals surface area contributed by atoms with Crippen LogP contribution < -0.4 is 10.1 Å². The molecule has 146 valence electrons. The number of hydrogen-bond acceptors (Lipinski definition) is 5. The smallest absolute Gasteiger partial charge is 0.271 e. The molecule has 0 aliphatic carbocycles. The van der Waals surface area contributed by atoms with Crippen LogP contribution in [0.1, 0.15) is 21.8 Å². The Balaban J connectivity index is 1.46. The highest BCUT2D eigenvalue weighted by Crippen LogP contribution is 2.32. The van der Waals surface area contributed by atoms with Crippen LogP contribution in [0.3, 0.4) is 0 Å². The molecular formula is C22H17ClN2O3S. The number of nitrogens with one attached hydrogen (secondary N) is 1. The molecule has 0 radical (unpaired) electrons. The van der Waals surface area contributed by atoms with E-state index in [1.807, 2.05) is 48.5 Å². The molecule has 0 unspecified atom stereocenters. The van der Waals surface area contributed by atoms with E-state index in [4.69, 9.17) is 20.8 Å². The first-order valence-electron chi connectivity index (χ1n) is 8.92. The lowest BCUT2D eigenvalue weighted by Crippen LogP contribution is -2.22. The standard InChI is InChI=1S/C22H17ClN2O3S/c23-16-9-7-15(8-10-16)13-28-20-6-2-1-5-18(20)22-25-19(14-29-22)21(26)24-12-17-4-3-11-27-17/h1-11,14H,12-13H2,(H,24,26). The molecule has 0 aliphatic heterocycles. The van der Waals surface area contributed by atoms with Gasteiger partial charge < -0.3 is 14.5 Å². The molecule has 5 nitrogen and oxygen atoms in total. The second-order valence-corrected chi connectivity index (χ2v) is 7.51. The predicted molar refractivity (Wildman–Crippen MR) is 113 cm³/mol. The zero-order chi connectivity index (χ0) is 20.1. The Kier molecular flexibility index (Phi) is 5.93. The number of benzene rings is 2. The van der Waals surface area contributed by atoms with Gasteiger partial charge in [0, 0.05) is 10.4 Å². The summed E-state index contributed by atoms with van der Waals surface area (Å²) in [6, 6.07) is 18.8. The number of furan rings is 1. The molecule has 1 N–H and O–H groups in total. The number of aromatic nitrogens is 1. The fourth-order valence-electron chi connectivity index (χ4n) is 2.68. The average Bonchev–Trinajstić information content (AvgIpc) is 3.44. The van der Waals surface area contributed by atoms with E-state index in [-0.39, 0.29) is 5.91 Å². The molecule has 2 heterocycles. The Labute approximate surface area is 176 Å². The van der Waals surface area contributed by atoms with Crippen LogP contribution in [0.2, 0.25) is 5.02 Å². The molecule has 2 aromatic heterocycles. The molecule has 29 heavy (non-hydrogen) atoms. The second-order valence-electron chi connectivity index (χ2n) is 6.21. The van der Waals surface area contributed by atoms with Gasteiger partial charge in [-0.05, 0) is 42.0 Å². The van der Waals surface area contributed by atoms with E-state index >= 15 is 0 Å². The Hall–Kier alpha value is -3.09. The van der Waals surface area contributed by atoms with Gasteiger partial charge in [-0.2, -0.15) is 0 Å². The van der Waals surface area contributed by atoms with E-state index in [1.165, 1.54) is 11.3 Å². The van der Waals surface area contributed by atoms with Gasteiger partial charge in [-0.1, -0.05) is 35.9 Å². The summed E-state index contributed by atoms with van der Waals surface area (Å²) in [4.78, 5) is 16.8. The highest BCUT2D eigenvalue weighted by atomic mass is 35.5. The van der Waals surface area contributed by atoms with Gasteiger partial charge >= 0.3 is 0 Å². The first kappa shape index (κ1) is 19.2. The molecule has 0 saturated heterocycles. The first-order valence-corrected chi connectivity index (χ1v) is 10.2. The zero-order valence-electron chi connectivity index (χ0n) is 15.3. The lowest BCUT2D eigenvalue weighted by Gasteiger charge is -2.10. The van der Waals surface area contributed by atoms with Crippen molar-refractivity contribution in [3.8, 4) is 16.3 Å². The minimum Gasteiger partial charge on any atom is -0.488 e. The topological polar surface area (TPSA) is 64.4 Å². The normalized spacial score (nSPS) is 10.7. The lowest BCUT2D eigenvalue weighted by molar-refractivity contribution is 0.0944. The van der Waals surface area contributed by atoms with Gasteiger partial charge in [0.2, 0.25) is 0 Å². The molecule has 0 aliphatic rings. The van der Waals surface area contributed by atoms with E-state index in [0.717, 1.165) is 16.1 Å². The maximum absolute atomic E-state index is 12.4. The van der Waals surface area contributed by atoms with Crippen molar-refractivity contribution < 1.29 is 13.9 Å². The minimum atomic E-state index is -0.247. The van der Waals surface area contributed by atoms with Crippen molar-refractivity contribution in [3.63, 3.8) is 0 Å². The van der Waals surface area contributed by atoms with E-state index < -0.39 is 0 Å². The molecule has 2 aromatic carbocycles. The quantitative estimate of drug-likeness (QED) is 0.421. The van der Waals surface area contributed by atoms with Gasteiger partial charge in [-0.15, -0.1) is 11.3 Å². The number of carbonyl (C=O) groups is 1. The van der Waals surface area contributed by atoms with Gasteiger partial charge in [0.25, 0.3) is 5.91 Å². The first-order chi connectivity index (χ1) is 14.2. The van der Waals surface area contributed by atoms with Crippen molar-refractivity contribution in [2.45, 2.75) is 13.2 Å². The lowest BCUT2D eigenvalue weighted by atomic mass is 10.2. The van der Waals surface area contributed by atoms with Crippen molar-refractivity contribution in [1.82, 2.24) is 10.3 Å². The Morgan fingerprint density at radius 1 is 1.10 bits per heavy atom. The molecule has 0 spiro atoms. The number of amides is 1. The molecule has 0 saturated carbocycles. The van der Waals surface area contributed by atoms with Crippen LogP contribution in [-0.4, -0.2) is 10.9 Å². The van der Waals surface area contributed by atoms with Crippen LogP contribution in [-0.2, 0) is 13.2 Å². The summed E-state index contributed by atoms with van der Waals surface area (Å²) in [5.74, 6) is 1.15. The Bertz CT molecular complexity index is 1090. The highest BCUT2D eigenvalue weighted by molar-refractivity contribution is 7.13. The van der Waals surface area contributed by atoms with E-state index in [9.17, 15) is 4.79 Å². The number of thiazole rings is 1. The molecule has 0 bridgehead atoms. The van der Waals surface area contributed by atoms with Gasteiger partial charge in [0.05, 0.1) is 18.4 Å². The fourth-order valence-corrected chi connectivity index (χ4v) is 3.64. The van der Waals surface area contributed by atoms with Crippen LogP contribution >= 0.6 is 22.9 Å². The number of rotatable bonds is 7. The number of ether oxygens (including phenoxy) is 1. The van der Waals surface area contributed by atoms with Crippen LogP contribution in [0.25, 0.3) is 10.6 Å². The summed E-state index contributed by atoms with van der Waals surface area (Å²) in [6.45, 7) is 0.732. The van der Waals surface area contributed by atoms with Crippen LogP contribution in [0.5, 0.6) is 5.75 Å². The Morgan fingerprint density at radius 3 is 2.72 bits per heavy atom. The Morgan fingerprint density at radius 2 is 1.93 bits per heavy atom. The van der Waals surface area contributed by atoms with Gasteiger partial charge in [-0.3, -0.25) is 4.79 Å². The average molecular weight is 425 g/mol. The zero-order valence-corrected chi connectivity index (χ0v) is 16.9. The van der Waals surface area contributed by atoms with Crippen molar-refractivity contribution in [3.05, 3.63) is 94.3 Å². The molecule has 7 heteroatoms. The monoisotopic (exact) mass is 424 g/mol. The number of halogens is 1. The molecule has 0 fully saturated rings. The second kappa shape index (κ2) is 8.94. The third kappa shape index (κ3) is 4.85. The van der Waals surface area contributed by atoms with Crippen molar-refractivity contribution in [1.29, 1.82) is 0 Å². The van der Waals surface area contributed by atoms with Crippen LogP contribution in [0.15, 0.2) is 76.7 Å². The molecule has 4 rings (SSSR count). The van der Waals surface area contributed by atoms with Crippen molar-refractivity contribution >= 4 is 28.8 Å². The summed E-state index contributed by atoms with van der Waals surface area (Å²) in [5.41, 5.74) is 2.22. The molecule has 0 atom stereocenters. The summed E-state index contributed by atoms with van der Waals surface area (Å²) in [6.07, 6.45) is 1.57. The number of nitrogens with zero attached hydrogens (tertiary/aromatic N) is 1. The summed E-state index contributed by atoms with van der Waals surface area (Å²) < 4.78 is 11.2. The summed E-state index contributed by atoms with van der Waals surface area (Å²) in [5, 5.41) is 5.95. The predicted octanol–water partition coefficient (Wildman–Crippen LogP) is 5.57.